The topological polar surface area (TPSA) is 26.0 Å². The summed E-state index contributed by atoms with van der Waals surface area (Å²) < 4.78 is 6.46. The molecule has 0 saturated heterocycles. The molecular weight excluding hydrogens is 529 g/mol. The highest BCUT2D eigenvalue weighted by molar-refractivity contribution is 7.79. The smallest absolute Gasteiger partial charge is 0.162 e. The van der Waals surface area contributed by atoms with E-state index in [1.54, 1.807) is 0 Å². The predicted molar refractivity (Wildman–Crippen MR) is 179 cm³/mol. The molecule has 198 valence electrons. The zero-order valence-electron chi connectivity index (χ0n) is 22.8. The minimum Gasteiger partial charge on any atom is -0.454 e. The number of aromatic nitrogens is 1. The van der Waals surface area contributed by atoms with Crippen LogP contribution in [0, 0.1) is 0 Å². The lowest BCUT2D eigenvalue weighted by atomic mass is 9.99. The summed E-state index contributed by atoms with van der Waals surface area (Å²) >= 11 is 0. The van der Waals surface area contributed by atoms with E-state index in [1.807, 2.05) is 30.3 Å². The van der Waals surface area contributed by atoms with Crippen LogP contribution in [0.3, 0.4) is 0 Å². The van der Waals surface area contributed by atoms with E-state index in [2.05, 4.69) is 127 Å². The van der Waals surface area contributed by atoms with Gasteiger partial charge in [0, 0.05) is 21.7 Å². The minimum absolute atomic E-state index is 0.641. The maximum absolute atomic E-state index is 6.46. The molecule has 8 aromatic rings. The Morgan fingerprint density at radius 1 is 0.452 bits per heavy atom. The fraction of sp³-hybridized carbons (Fsp3) is 0. The van der Waals surface area contributed by atoms with Crippen molar-refractivity contribution in [2.24, 2.45) is 0 Å². The zero-order valence-corrected chi connectivity index (χ0v) is 23.7. The van der Waals surface area contributed by atoms with Gasteiger partial charge in [-0.15, -0.1) is 0 Å². The maximum atomic E-state index is 6.46. The molecule has 0 unspecified atom stereocenters. The van der Waals surface area contributed by atoms with Gasteiger partial charge in [0.1, 0.15) is 11.3 Å². The van der Waals surface area contributed by atoms with E-state index in [1.165, 1.54) is 27.0 Å². The summed E-state index contributed by atoms with van der Waals surface area (Å²) in [6.07, 6.45) is 0. The van der Waals surface area contributed by atoms with Gasteiger partial charge in [0.05, 0.1) is 5.52 Å². The van der Waals surface area contributed by atoms with Gasteiger partial charge in [-0.1, -0.05) is 140 Å². The van der Waals surface area contributed by atoms with E-state index < -0.39 is 7.92 Å². The molecule has 6 aromatic carbocycles. The fourth-order valence-electron chi connectivity index (χ4n) is 5.86. The van der Waals surface area contributed by atoms with Crippen molar-refractivity contribution in [2.45, 2.75) is 0 Å². The molecule has 42 heavy (non-hydrogen) atoms. The largest absolute Gasteiger partial charge is 0.454 e. The molecule has 0 aliphatic rings. The number of nitrogens with zero attached hydrogens (tertiary/aromatic N) is 1. The summed E-state index contributed by atoms with van der Waals surface area (Å²) in [6.45, 7) is 0. The summed E-state index contributed by atoms with van der Waals surface area (Å²) in [6, 6.07) is 56.0. The molecule has 0 aliphatic heterocycles. The van der Waals surface area contributed by atoms with Crippen LogP contribution < -0.4 is 15.9 Å². The molecule has 0 fully saturated rings. The van der Waals surface area contributed by atoms with Crippen LogP contribution >= 0.6 is 7.92 Å². The van der Waals surface area contributed by atoms with Crippen molar-refractivity contribution in [2.75, 3.05) is 0 Å². The van der Waals surface area contributed by atoms with Gasteiger partial charge >= 0.3 is 0 Å². The minimum atomic E-state index is -0.641. The van der Waals surface area contributed by atoms with Crippen LogP contribution in [0.1, 0.15) is 0 Å². The van der Waals surface area contributed by atoms with E-state index in [4.69, 9.17) is 9.40 Å². The Balaban J connectivity index is 1.27. The Morgan fingerprint density at radius 2 is 1.02 bits per heavy atom. The van der Waals surface area contributed by atoms with Crippen molar-refractivity contribution >= 4 is 56.7 Å². The summed E-state index contributed by atoms with van der Waals surface area (Å²) in [5.74, 6) is 0. The Kier molecular flexibility index (Phi) is 6.13. The van der Waals surface area contributed by atoms with Crippen molar-refractivity contribution in [3.63, 3.8) is 0 Å². The Labute approximate surface area is 245 Å². The molecule has 0 atom stereocenters. The lowest BCUT2D eigenvalue weighted by molar-refractivity contribution is 0.669. The number of hydrogen-bond donors (Lipinski definition) is 0. The van der Waals surface area contributed by atoms with Crippen molar-refractivity contribution in [1.82, 2.24) is 4.98 Å². The molecule has 0 N–H and O–H groups in total. The summed E-state index contributed by atoms with van der Waals surface area (Å²) in [5, 5.41) is 7.38. The fourth-order valence-corrected chi connectivity index (χ4v) is 8.14. The van der Waals surface area contributed by atoms with Gasteiger partial charge in [0.25, 0.3) is 0 Å². The van der Waals surface area contributed by atoms with Gasteiger partial charge in [-0.25, -0.2) is 4.98 Å². The third kappa shape index (κ3) is 4.29. The first kappa shape index (κ1) is 24.7. The van der Waals surface area contributed by atoms with Crippen molar-refractivity contribution in [3.05, 3.63) is 158 Å². The first-order valence-electron chi connectivity index (χ1n) is 14.1. The molecule has 0 saturated carbocycles. The quantitative estimate of drug-likeness (QED) is 0.198. The normalized spacial score (nSPS) is 11.5. The van der Waals surface area contributed by atoms with E-state index >= 15 is 0 Å². The van der Waals surface area contributed by atoms with Crippen molar-refractivity contribution < 1.29 is 4.42 Å². The van der Waals surface area contributed by atoms with Crippen LogP contribution in [-0.2, 0) is 0 Å². The molecule has 2 aromatic heterocycles. The second-order valence-corrected chi connectivity index (χ2v) is 12.6. The number of fused-ring (bicyclic) bond motifs is 5. The third-order valence-electron chi connectivity index (χ3n) is 7.84. The second-order valence-electron chi connectivity index (χ2n) is 10.4. The molecule has 8 rings (SSSR count). The van der Waals surface area contributed by atoms with Gasteiger partial charge in [-0.3, -0.25) is 0 Å². The van der Waals surface area contributed by atoms with E-state index in [9.17, 15) is 0 Å². The molecule has 0 spiro atoms. The average Bonchev–Trinajstić information content (AvgIpc) is 3.46. The second kappa shape index (κ2) is 10.4. The summed E-state index contributed by atoms with van der Waals surface area (Å²) in [7, 11) is -0.641. The van der Waals surface area contributed by atoms with Crippen LogP contribution in [0.4, 0.5) is 0 Å². The maximum Gasteiger partial charge on any atom is 0.162 e. The standard InChI is InChI=1S/C39H26NOP/c1-4-12-28(13-5-1)38-39-37(33-18-10-11-19-36(33)41-39)34-26-29(22-25-35(34)40-38)27-20-23-32(24-21-27)42(30-14-6-2-7-15-30)31-16-8-3-9-17-31/h1-26H. The number of para-hydroxylation sites is 1. The monoisotopic (exact) mass is 555 g/mol. The lowest BCUT2D eigenvalue weighted by Crippen LogP contribution is -2.20. The summed E-state index contributed by atoms with van der Waals surface area (Å²) in [5.41, 5.74) is 6.95. The van der Waals surface area contributed by atoms with E-state index in [0.717, 1.165) is 44.1 Å². The first-order chi connectivity index (χ1) is 20.8. The van der Waals surface area contributed by atoms with Crippen LogP contribution in [0.5, 0.6) is 0 Å². The molecule has 0 aliphatic carbocycles. The molecule has 0 radical (unpaired) electrons. The van der Waals surface area contributed by atoms with Gasteiger partial charge in [0.15, 0.2) is 5.58 Å². The zero-order chi connectivity index (χ0) is 27.9. The van der Waals surface area contributed by atoms with Gasteiger partial charge in [-0.2, -0.15) is 0 Å². The van der Waals surface area contributed by atoms with E-state index in [-0.39, 0.29) is 0 Å². The molecule has 2 heterocycles. The molecule has 3 heteroatoms. The van der Waals surface area contributed by atoms with Gasteiger partial charge in [-0.05, 0) is 53.2 Å². The molecule has 0 bridgehead atoms. The average molecular weight is 556 g/mol. The van der Waals surface area contributed by atoms with Gasteiger partial charge < -0.3 is 4.42 Å². The number of pyridine rings is 1. The SMILES string of the molecule is c1ccc(-c2nc3ccc(-c4ccc(P(c5ccccc5)c5ccccc5)cc4)cc3c3c2oc2ccccc23)cc1. The number of furan rings is 1. The van der Waals surface area contributed by atoms with Gasteiger partial charge in [0.2, 0.25) is 0 Å². The van der Waals surface area contributed by atoms with Crippen molar-refractivity contribution in [3.8, 4) is 22.4 Å². The highest BCUT2D eigenvalue weighted by Gasteiger charge is 2.19. The Morgan fingerprint density at radius 3 is 1.71 bits per heavy atom. The van der Waals surface area contributed by atoms with E-state index in [0.29, 0.717) is 0 Å². The third-order valence-corrected chi connectivity index (χ3v) is 10.3. The van der Waals surface area contributed by atoms with Crippen LogP contribution in [0.15, 0.2) is 162 Å². The Hall–Kier alpha value is -5.04. The molecule has 2 nitrogen and oxygen atoms in total. The molecular formula is C39H26NOP. The number of hydrogen-bond acceptors (Lipinski definition) is 2. The number of benzene rings is 6. The van der Waals surface area contributed by atoms with Crippen molar-refractivity contribution in [1.29, 1.82) is 0 Å². The van der Waals surface area contributed by atoms with Crippen LogP contribution in [0.2, 0.25) is 0 Å². The highest BCUT2D eigenvalue weighted by Crippen LogP contribution is 2.40. The van der Waals surface area contributed by atoms with Crippen LogP contribution in [-0.4, -0.2) is 4.98 Å². The highest BCUT2D eigenvalue weighted by atomic mass is 31.1. The predicted octanol–water partition coefficient (Wildman–Crippen LogP) is 9.23. The summed E-state index contributed by atoms with van der Waals surface area (Å²) in [4.78, 5) is 5.12. The Bertz CT molecular complexity index is 2130. The number of rotatable bonds is 5. The molecule has 0 amide bonds. The lowest BCUT2D eigenvalue weighted by Gasteiger charge is -2.19. The first-order valence-corrected chi connectivity index (χ1v) is 15.5. The van der Waals surface area contributed by atoms with Crippen LogP contribution in [0.25, 0.3) is 55.2 Å².